The van der Waals surface area contributed by atoms with Crippen LogP contribution >= 0.6 is 11.3 Å². The average Bonchev–Trinajstić information content (AvgIpc) is 2.99. The lowest BCUT2D eigenvalue weighted by Crippen LogP contribution is -2.26. The highest BCUT2D eigenvalue weighted by atomic mass is 32.2. The Morgan fingerprint density at radius 1 is 1.36 bits per heavy atom. The number of hydrogen-bond acceptors (Lipinski definition) is 6. The molecular weight excluding hydrogens is 328 g/mol. The molecule has 0 aliphatic heterocycles. The van der Waals surface area contributed by atoms with E-state index in [4.69, 9.17) is 4.74 Å². The zero-order valence-electron chi connectivity index (χ0n) is 11.7. The van der Waals surface area contributed by atoms with Gasteiger partial charge >= 0.3 is 0 Å². The number of rotatable bonds is 7. The predicted octanol–water partition coefficient (Wildman–Crippen LogP) is 2.19. The summed E-state index contributed by atoms with van der Waals surface area (Å²) in [5.41, 5.74) is -0.227. The van der Waals surface area contributed by atoms with Gasteiger partial charge in [-0.25, -0.2) is 13.1 Å². The van der Waals surface area contributed by atoms with Crippen molar-refractivity contribution in [2.75, 3.05) is 13.7 Å². The highest BCUT2D eigenvalue weighted by Crippen LogP contribution is 2.28. The van der Waals surface area contributed by atoms with E-state index < -0.39 is 14.9 Å². The van der Waals surface area contributed by atoms with Crippen LogP contribution in [0, 0.1) is 10.1 Å². The number of nitrogens with zero attached hydrogens (tertiary/aromatic N) is 1. The Balaban J connectivity index is 2.16. The summed E-state index contributed by atoms with van der Waals surface area (Å²) in [5.74, 6) is -0.0576. The first-order valence-corrected chi connectivity index (χ1v) is 8.65. The molecule has 0 saturated heterocycles. The molecule has 7 nitrogen and oxygen atoms in total. The van der Waals surface area contributed by atoms with E-state index in [1.54, 1.807) is 11.3 Å². The van der Waals surface area contributed by atoms with Crippen LogP contribution in [-0.2, 0) is 16.4 Å². The van der Waals surface area contributed by atoms with Crippen LogP contribution in [-0.4, -0.2) is 27.0 Å². The smallest absolute Gasteiger partial charge is 0.273 e. The summed E-state index contributed by atoms with van der Waals surface area (Å²) in [7, 11) is -2.52. The number of nitro groups is 1. The second kappa shape index (κ2) is 6.86. The molecule has 0 aliphatic carbocycles. The number of nitro benzene ring substituents is 1. The lowest BCUT2D eigenvalue weighted by Gasteiger charge is -2.10. The van der Waals surface area contributed by atoms with Gasteiger partial charge in [-0.2, -0.15) is 0 Å². The van der Waals surface area contributed by atoms with Gasteiger partial charge in [-0.05, 0) is 23.9 Å². The van der Waals surface area contributed by atoms with Crippen LogP contribution in [0.5, 0.6) is 5.75 Å². The van der Waals surface area contributed by atoms with Crippen molar-refractivity contribution in [2.24, 2.45) is 0 Å². The Morgan fingerprint density at radius 2 is 2.14 bits per heavy atom. The van der Waals surface area contributed by atoms with Crippen LogP contribution in [0.1, 0.15) is 4.88 Å². The minimum absolute atomic E-state index is 0.0576. The summed E-state index contributed by atoms with van der Waals surface area (Å²) in [6.07, 6.45) is 0.576. The van der Waals surface area contributed by atoms with E-state index in [1.807, 2.05) is 17.5 Å². The van der Waals surface area contributed by atoms with Gasteiger partial charge in [-0.15, -0.1) is 11.3 Å². The molecule has 0 amide bonds. The number of nitrogens with one attached hydrogen (secondary N) is 1. The highest BCUT2D eigenvalue weighted by molar-refractivity contribution is 7.89. The average molecular weight is 342 g/mol. The molecule has 2 aromatic rings. The highest BCUT2D eigenvalue weighted by Gasteiger charge is 2.21. The Hall–Kier alpha value is -1.97. The monoisotopic (exact) mass is 342 g/mol. The van der Waals surface area contributed by atoms with Crippen LogP contribution in [0.3, 0.4) is 0 Å². The number of thiophene rings is 1. The second-order valence-electron chi connectivity index (χ2n) is 4.32. The van der Waals surface area contributed by atoms with Gasteiger partial charge in [0.15, 0.2) is 0 Å². The molecule has 0 radical (unpaired) electrons. The number of ether oxygens (including phenoxy) is 1. The van der Waals surface area contributed by atoms with Gasteiger partial charge in [0.1, 0.15) is 10.6 Å². The molecule has 0 unspecified atom stereocenters. The van der Waals surface area contributed by atoms with Gasteiger partial charge in [-0.3, -0.25) is 10.1 Å². The SMILES string of the molecule is COc1cc([N+](=O)[O-])ccc1S(=O)(=O)NCCc1cccs1. The summed E-state index contributed by atoms with van der Waals surface area (Å²) in [5, 5.41) is 12.6. The summed E-state index contributed by atoms with van der Waals surface area (Å²) >= 11 is 1.55. The van der Waals surface area contributed by atoms with Crippen LogP contribution < -0.4 is 9.46 Å². The maximum atomic E-state index is 12.3. The van der Waals surface area contributed by atoms with Gasteiger partial charge < -0.3 is 4.74 Å². The van der Waals surface area contributed by atoms with Crippen LogP contribution in [0.4, 0.5) is 5.69 Å². The van der Waals surface area contributed by atoms with Gasteiger partial charge in [0.2, 0.25) is 10.0 Å². The zero-order chi connectivity index (χ0) is 16.2. The van der Waals surface area contributed by atoms with Crippen molar-refractivity contribution < 1.29 is 18.1 Å². The summed E-state index contributed by atoms with van der Waals surface area (Å²) in [6.45, 7) is 0.239. The molecule has 118 valence electrons. The van der Waals surface area contributed by atoms with Gasteiger partial charge in [-0.1, -0.05) is 6.07 Å². The third-order valence-corrected chi connectivity index (χ3v) is 5.33. The fourth-order valence-corrected chi connectivity index (χ4v) is 3.72. The van der Waals surface area contributed by atoms with E-state index in [1.165, 1.54) is 13.2 Å². The van der Waals surface area contributed by atoms with Gasteiger partial charge in [0.05, 0.1) is 18.1 Å². The topological polar surface area (TPSA) is 98.5 Å². The quantitative estimate of drug-likeness (QED) is 0.614. The number of methoxy groups -OCH3 is 1. The Morgan fingerprint density at radius 3 is 2.73 bits per heavy atom. The molecule has 1 aromatic heterocycles. The summed E-state index contributed by atoms with van der Waals surface area (Å²) in [6, 6.07) is 7.22. The van der Waals surface area contributed by atoms with Crippen molar-refractivity contribution >= 4 is 27.0 Å². The van der Waals surface area contributed by atoms with Crippen LogP contribution in [0.15, 0.2) is 40.6 Å². The van der Waals surface area contributed by atoms with E-state index in [-0.39, 0.29) is 22.9 Å². The van der Waals surface area contributed by atoms with Crippen molar-refractivity contribution in [1.29, 1.82) is 0 Å². The molecule has 2 rings (SSSR count). The number of benzene rings is 1. The molecule has 0 spiro atoms. The van der Waals surface area contributed by atoms with E-state index in [0.29, 0.717) is 6.42 Å². The fourth-order valence-electron chi connectivity index (χ4n) is 1.83. The third-order valence-electron chi connectivity index (χ3n) is 2.89. The molecule has 1 N–H and O–H groups in total. The second-order valence-corrected chi connectivity index (χ2v) is 7.09. The van der Waals surface area contributed by atoms with Crippen molar-refractivity contribution in [3.05, 3.63) is 50.7 Å². The first kappa shape index (κ1) is 16.4. The van der Waals surface area contributed by atoms with Gasteiger partial charge in [0, 0.05) is 17.5 Å². The summed E-state index contributed by atoms with van der Waals surface area (Å²) < 4.78 is 31.9. The van der Waals surface area contributed by atoms with E-state index in [0.717, 1.165) is 17.0 Å². The predicted molar refractivity (Wildman–Crippen MR) is 82.9 cm³/mol. The van der Waals surface area contributed by atoms with Crippen LogP contribution in [0.2, 0.25) is 0 Å². The molecule has 1 heterocycles. The van der Waals surface area contributed by atoms with Crippen molar-refractivity contribution in [3.8, 4) is 5.75 Å². The lowest BCUT2D eigenvalue weighted by molar-refractivity contribution is -0.385. The first-order chi connectivity index (χ1) is 10.4. The van der Waals surface area contributed by atoms with E-state index >= 15 is 0 Å². The largest absolute Gasteiger partial charge is 0.495 e. The number of non-ortho nitro benzene ring substituents is 1. The van der Waals surface area contributed by atoms with Crippen molar-refractivity contribution in [3.63, 3.8) is 0 Å². The minimum atomic E-state index is -3.79. The molecule has 1 aromatic carbocycles. The molecule has 0 atom stereocenters. The fraction of sp³-hybridized carbons (Fsp3) is 0.231. The van der Waals surface area contributed by atoms with Gasteiger partial charge in [0.25, 0.3) is 5.69 Å². The molecule has 9 heteroatoms. The molecule has 0 fully saturated rings. The maximum absolute atomic E-state index is 12.3. The molecular formula is C13H14N2O5S2. The zero-order valence-corrected chi connectivity index (χ0v) is 13.3. The van der Waals surface area contributed by atoms with E-state index in [9.17, 15) is 18.5 Å². The maximum Gasteiger partial charge on any atom is 0.273 e. The summed E-state index contributed by atoms with van der Waals surface area (Å²) in [4.78, 5) is 11.1. The van der Waals surface area contributed by atoms with Crippen LogP contribution in [0.25, 0.3) is 0 Å². The first-order valence-electron chi connectivity index (χ1n) is 6.28. The number of sulfonamides is 1. The minimum Gasteiger partial charge on any atom is -0.495 e. The number of hydrogen-bond donors (Lipinski definition) is 1. The van der Waals surface area contributed by atoms with Crippen molar-refractivity contribution in [2.45, 2.75) is 11.3 Å². The van der Waals surface area contributed by atoms with Crippen molar-refractivity contribution in [1.82, 2.24) is 4.72 Å². The Labute approximate surface area is 131 Å². The molecule has 0 saturated carbocycles. The lowest BCUT2D eigenvalue weighted by atomic mass is 10.3. The normalized spacial score (nSPS) is 11.3. The molecule has 0 aliphatic rings. The molecule has 0 bridgehead atoms. The standard InChI is InChI=1S/C13H14N2O5S2/c1-20-12-9-10(15(16)17)4-5-13(12)22(18,19)14-7-6-11-3-2-8-21-11/h2-5,8-9,14H,6-7H2,1H3. The van der Waals surface area contributed by atoms with E-state index in [2.05, 4.69) is 4.72 Å². The Bertz CT molecular complexity index is 757. The third kappa shape index (κ3) is 3.81. The molecule has 22 heavy (non-hydrogen) atoms. The Kier molecular flexibility index (Phi) is 5.11.